The van der Waals surface area contributed by atoms with Crippen molar-refractivity contribution in [1.29, 1.82) is 0 Å². The molecule has 0 saturated heterocycles. The number of carbonyl (C=O) groups is 2. The van der Waals surface area contributed by atoms with E-state index in [0.717, 1.165) is 3.57 Å². The summed E-state index contributed by atoms with van der Waals surface area (Å²) in [5.41, 5.74) is 4.84. The van der Waals surface area contributed by atoms with E-state index in [1.807, 2.05) is 22.6 Å². The highest BCUT2D eigenvalue weighted by Crippen LogP contribution is 2.17. The first kappa shape index (κ1) is 13.0. The summed E-state index contributed by atoms with van der Waals surface area (Å²) in [4.78, 5) is 22.5. The van der Waals surface area contributed by atoms with E-state index >= 15 is 0 Å². The van der Waals surface area contributed by atoms with Crippen LogP contribution in [0.5, 0.6) is 0 Å². The Balaban J connectivity index is 2.73. The predicted octanol–water partition coefficient (Wildman–Crippen LogP) is 1.52. The summed E-state index contributed by atoms with van der Waals surface area (Å²) in [5.74, 6) is -0.421. The topological polar surface area (TPSA) is 70.2 Å². The number of hydrogen-bond donors (Lipinski definition) is 3. The van der Waals surface area contributed by atoms with Gasteiger partial charge in [0.1, 0.15) is 0 Å². The molecular formula is C9H9ClIN3O2. The maximum atomic E-state index is 11.6. The lowest BCUT2D eigenvalue weighted by molar-refractivity contribution is 0.0935. The molecule has 0 bridgehead atoms. The first-order valence-corrected chi connectivity index (χ1v) is 5.73. The van der Waals surface area contributed by atoms with Crippen molar-refractivity contribution in [1.82, 2.24) is 16.2 Å². The summed E-state index contributed by atoms with van der Waals surface area (Å²) >= 11 is 7.78. The number of halogens is 2. The maximum absolute atomic E-state index is 11.6. The lowest BCUT2D eigenvalue weighted by atomic mass is 10.2. The van der Waals surface area contributed by atoms with Gasteiger partial charge in [-0.25, -0.2) is 10.2 Å². The minimum Gasteiger partial charge on any atom is -0.340 e. The van der Waals surface area contributed by atoms with Crippen molar-refractivity contribution in [3.63, 3.8) is 0 Å². The monoisotopic (exact) mass is 353 g/mol. The van der Waals surface area contributed by atoms with Gasteiger partial charge in [0.15, 0.2) is 0 Å². The van der Waals surface area contributed by atoms with Crippen LogP contribution < -0.4 is 16.2 Å². The fraction of sp³-hybridized carbons (Fsp3) is 0.111. The van der Waals surface area contributed by atoms with Crippen LogP contribution in [0.25, 0.3) is 0 Å². The van der Waals surface area contributed by atoms with Gasteiger partial charge in [-0.1, -0.05) is 11.6 Å². The second-order valence-electron chi connectivity index (χ2n) is 2.78. The lowest BCUT2D eigenvalue weighted by Gasteiger charge is -2.08. The van der Waals surface area contributed by atoms with Gasteiger partial charge < -0.3 is 5.32 Å². The van der Waals surface area contributed by atoms with Crippen LogP contribution in [0.2, 0.25) is 5.02 Å². The van der Waals surface area contributed by atoms with Gasteiger partial charge >= 0.3 is 6.03 Å². The molecule has 0 fully saturated rings. The molecule has 0 aliphatic heterocycles. The molecule has 7 heteroatoms. The molecule has 1 aromatic rings. The molecule has 3 N–H and O–H groups in total. The van der Waals surface area contributed by atoms with Crippen molar-refractivity contribution in [2.75, 3.05) is 7.05 Å². The molecule has 0 aromatic heterocycles. The Morgan fingerprint density at radius 3 is 2.62 bits per heavy atom. The van der Waals surface area contributed by atoms with Crippen molar-refractivity contribution in [2.24, 2.45) is 0 Å². The molecule has 0 saturated carbocycles. The maximum Gasteiger partial charge on any atom is 0.333 e. The van der Waals surface area contributed by atoms with Gasteiger partial charge in [0.25, 0.3) is 5.91 Å². The van der Waals surface area contributed by atoms with E-state index in [4.69, 9.17) is 11.6 Å². The van der Waals surface area contributed by atoms with Crippen molar-refractivity contribution in [2.45, 2.75) is 0 Å². The normalized spacial score (nSPS) is 9.44. The molecule has 0 heterocycles. The number of benzene rings is 1. The Morgan fingerprint density at radius 1 is 1.31 bits per heavy atom. The molecule has 16 heavy (non-hydrogen) atoms. The van der Waals surface area contributed by atoms with Gasteiger partial charge in [0, 0.05) is 15.6 Å². The average molecular weight is 354 g/mol. The van der Waals surface area contributed by atoms with Gasteiger partial charge in [-0.05, 0) is 40.8 Å². The van der Waals surface area contributed by atoms with E-state index < -0.39 is 11.9 Å². The summed E-state index contributed by atoms with van der Waals surface area (Å²) in [6.45, 7) is 0. The van der Waals surface area contributed by atoms with Gasteiger partial charge in [0.2, 0.25) is 0 Å². The molecule has 86 valence electrons. The molecule has 0 radical (unpaired) electrons. The second-order valence-corrected chi connectivity index (χ2v) is 4.38. The highest BCUT2D eigenvalue weighted by atomic mass is 127. The zero-order chi connectivity index (χ0) is 12.1. The lowest BCUT2D eigenvalue weighted by Crippen LogP contribution is -2.45. The molecule has 0 aliphatic carbocycles. The predicted molar refractivity (Wildman–Crippen MR) is 69.2 cm³/mol. The van der Waals surface area contributed by atoms with E-state index in [9.17, 15) is 9.59 Å². The SMILES string of the molecule is CNC(=O)NNC(=O)c1cc(Cl)ccc1I. The number of nitrogens with one attached hydrogen (secondary N) is 3. The number of hydrazine groups is 1. The molecule has 1 rings (SSSR count). The molecule has 5 nitrogen and oxygen atoms in total. The Morgan fingerprint density at radius 2 is 2.00 bits per heavy atom. The van der Waals surface area contributed by atoms with Crippen LogP contribution in [0.4, 0.5) is 4.79 Å². The summed E-state index contributed by atoms with van der Waals surface area (Å²) in [7, 11) is 1.45. The van der Waals surface area contributed by atoms with E-state index in [1.165, 1.54) is 13.1 Å². The Bertz CT molecular complexity index is 425. The molecular weight excluding hydrogens is 344 g/mol. The third kappa shape index (κ3) is 3.53. The van der Waals surface area contributed by atoms with E-state index in [2.05, 4.69) is 16.2 Å². The third-order valence-corrected chi connectivity index (χ3v) is 2.87. The average Bonchev–Trinajstić information content (AvgIpc) is 2.28. The largest absolute Gasteiger partial charge is 0.340 e. The van der Waals surface area contributed by atoms with E-state index in [-0.39, 0.29) is 0 Å². The highest BCUT2D eigenvalue weighted by molar-refractivity contribution is 14.1. The quantitative estimate of drug-likeness (QED) is 0.529. The minimum absolute atomic E-state index is 0.407. The zero-order valence-electron chi connectivity index (χ0n) is 8.30. The van der Waals surface area contributed by atoms with Crippen molar-refractivity contribution in [3.8, 4) is 0 Å². The minimum atomic E-state index is -0.495. The Hall–Kier alpha value is -1.02. The van der Waals surface area contributed by atoms with E-state index in [1.54, 1.807) is 12.1 Å². The Kier molecular flexibility index (Phi) is 4.81. The molecule has 0 spiro atoms. The third-order valence-electron chi connectivity index (χ3n) is 1.69. The summed E-state index contributed by atoms with van der Waals surface area (Å²) < 4.78 is 0.748. The van der Waals surface area contributed by atoms with E-state index in [0.29, 0.717) is 10.6 Å². The Labute approximate surface area is 111 Å². The van der Waals surface area contributed by atoms with Crippen LogP contribution in [0.1, 0.15) is 10.4 Å². The van der Waals surface area contributed by atoms with Crippen LogP contribution in [0.15, 0.2) is 18.2 Å². The first-order chi connectivity index (χ1) is 7.54. The van der Waals surface area contributed by atoms with Crippen LogP contribution in [0, 0.1) is 3.57 Å². The number of urea groups is 1. The molecule has 0 unspecified atom stereocenters. The van der Waals surface area contributed by atoms with Gasteiger partial charge in [-0.3, -0.25) is 10.2 Å². The highest BCUT2D eigenvalue weighted by Gasteiger charge is 2.10. The fourth-order valence-corrected chi connectivity index (χ4v) is 1.67. The van der Waals surface area contributed by atoms with Crippen LogP contribution in [-0.4, -0.2) is 19.0 Å². The second kappa shape index (κ2) is 5.90. The fourth-order valence-electron chi connectivity index (χ4n) is 0.915. The molecule has 0 atom stereocenters. The van der Waals surface area contributed by atoms with Crippen molar-refractivity contribution in [3.05, 3.63) is 32.4 Å². The molecule has 3 amide bonds. The standard InChI is InChI=1S/C9H9ClIN3O2/c1-12-9(16)14-13-8(15)6-4-5(10)2-3-7(6)11/h2-4H,1H3,(H,13,15)(H2,12,14,16). The van der Waals surface area contributed by atoms with Gasteiger partial charge in [0.05, 0.1) is 5.56 Å². The zero-order valence-corrected chi connectivity index (χ0v) is 11.2. The smallest absolute Gasteiger partial charge is 0.333 e. The van der Waals surface area contributed by atoms with Gasteiger partial charge in [-0.2, -0.15) is 0 Å². The van der Waals surface area contributed by atoms with Crippen LogP contribution >= 0.6 is 34.2 Å². The number of carbonyl (C=O) groups excluding carboxylic acids is 2. The molecule has 1 aromatic carbocycles. The number of amides is 3. The van der Waals surface area contributed by atoms with Crippen molar-refractivity contribution < 1.29 is 9.59 Å². The number of rotatable bonds is 1. The number of hydrogen-bond acceptors (Lipinski definition) is 2. The van der Waals surface area contributed by atoms with Crippen molar-refractivity contribution >= 4 is 46.1 Å². The summed E-state index contributed by atoms with van der Waals surface area (Å²) in [6, 6.07) is 4.44. The molecule has 0 aliphatic rings. The van der Waals surface area contributed by atoms with Crippen LogP contribution in [-0.2, 0) is 0 Å². The summed E-state index contributed by atoms with van der Waals surface area (Å²) in [6.07, 6.45) is 0. The first-order valence-electron chi connectivity index (χ1n) is 4.27. The summed E-state index contributed by atoms with van der Waals surface area (Å²) in [5, 5.41) is 2.77. The van der Waals surface area contributed by atoms with Crippen LogP contribution in [0.3, 0.4) is 0 Å². The van der Waals surface area contributed by atoms with Gasteiger partial charge in [-0.15, -0.1) is 0 Å².